The summed E-state index contributed by atoms with van der Waals surface area (Å²) in [6.45, 7) is 2.00. The van der Waals surface area contributed by atoms with Gasteiger partial charge >= 0.3 is 0 Å². The van der Waals surface area contributed by atoms with Crippen LogP contribution in [-0.4, -0.2) is 30.4 Å². The van der Waals surface area contributed by atoms with E-state index in [2.05, 4.69) is 5.32 Å². The molecule has 2 fully saturated rings. The molecular weight excluding hydrogens is 361 g/mol. The van der Waals surface area contributed by atoms with Crippen molar-refractivity contribution in [2.75, 3.05) is 7.11 Å². The van der Waals surface area contributed by atoms with Crippen LogP contribution in [0, 0.1) is 0 Å². The third-order valence-electron chi connectivity index (χ3n) is 5.61. The van der Waals surface area contributed by atoms with Crippen molar-refractivity contribution in [1.82, 2.24) is 5.32 Å². The second kappa shape index (κ2) is 7.26. The van der Waals surface area contributed by atoms with Crippen LogP contribution in [0.3, 0.4) is 0 Å². The fraction of sp³-hybridized carbons (Fsp3) is 0.579. The van der Waals surface area contributed by atoms with Crippen molar-refractivity contribution in [2.24, 2.45) is 0 Å². The molecule has 6 heteroatoms. The molecule has 1 saturated carbocycles. The van der Waals surface area contributed by atoms with Gasteiger partial charge in [-0.2, -0.15) is 0 Å². The van der Waals surface area contributed by atoms with Crippen LogP contribution in [0.4, 0.5) is 0 Å². The van der Waals surface area contributed by atoms with E-state index in [1.165, 1.54) is 0 Å². The number of carbonyl (C=O) groups excluding carboxylic acids is 2. The molecular formula is C19H23Cl2NO3. The molecule has 25 heavy (non-hydrogen) atoms. The lowest BCUT2D eigenvalue weighted by Crippen LogP contribution is -2.50. The first kappa shape index (κ1) is 18.7. The predicted molar refractivity (Wildman–Crippen MR) is 98.2 cm³/mol. The summed E-state index contributed by atoms with van der Waals surface area (Å²) in [6, 6.07) is 5.60. The number of amides is 1. The topological polar surface area (TPSA) is 55.4 Å². The van der Waals surface area contributed by atoms with Gasteiger partial charge in [-0.1, -0.05) is 25.1 Å². The SMILES string of the molecule is CCc1cccc(C(Cl)Cl)c1C1C(=O)NC2(CCC(OC)CC2)C1=O. The molecule has 1 atom stereocenters. The normalized spacial score (nSPS) is 29.5. The summed E-state index contributed by atoms with van der Waals surface area (Å²) < 4.78 is 5.40. The molecule has 1 aliphatic carbocycles. The molecule has 4 nitrogen and oxygen atoms in total. The monoisotopic (exact) mass is 383 g/mol. The van der Waals surface area contributed by atoms with Crippen molar-refractivity contribution in [3.63, 3.8) is 0 Å². The lowest BCUT2D eigenvalue weighted by molar-refractivity contribution is -0.126. The van der Waals surface area contributed by atoms with Crippen molar-refractivity contribution in [3.05, 3.63) is 34.9 Å². The summed E-state index contributed by atoms with van der Waals surface area (Å²) in [7, 11) is 1.69. The number of alkyl halides is 2. The molecule has 136 valence electrons. The average Bonchev–Trinajstić information content (AvgIpc) is 2.84. The predicted octanol–water partition coefficient (Wildman–Crippen LogP) is 3.84. The van der Waals surface area contributed by atoms with Crippen LogP contribution in [0.1, 0.15) is 60.1 Å². The van der Waals surface area contributed by atoms with Crippen molar-refractivity contribution in [3.8, 4) is 0 Å². The molecule has 1 amide bonds. The molecule has 1 aliphatic heterocycles. The number of benzene rings is 1. The van der Waals surface area contributed by atoms with Crippen molar-refractivity contribution >= 4 is 34.9 Å². The lowest BCUT2D eigenvalue weighted by Gasteiger charge is -2.35. The highest BCUT2D eigenvalue weighted by molar-refractivity contribution is 6.44. The molecule has 1 saturated heterocycles. The highest BCUT2D eigenvalue weighted by atomic mass is 35.5. The second-order valence-electron chi connectivity index (χ2n) is 6.88. The van der Waals surface area contributed by atoms with Crippen LogP contribution >= 0.6 is 23.2 Å². The minimum Gasteiger partial charge on any atom is -0.381 e. The number of halogens is 2. The average molecular weight is 384 g/mol. The molecule has 1 spiro atoms. The molecule has 1 N–H and O–H groups in total. The zero-order valence-corrected chi connectivity index (χ0v) is 16.0. The van der Waals surface area contributed by atoms with E-state index < -0.39 is 16.3 Å². The smallest absolute Gasteiger partial charge is 0.235 e. The van der Waals surface area contributed by atoms with Gasteiger partial charge < -0.3 is 10.1 Å². The fourth-order valence-electron chi connectivity index (χ4n) is 4.20. The fourth-order valence-corrected chi connectivity index (χ4v) is 4.58. The quantitative estimate of drug-likeness (QED) is 0.634. The van der Waals surface area contributed by atoms with Crippen LogP contribution in [-0.2, 0) is 20.7 Å². The molecule has 0 aromatic heterocycles. The number of ether oxygens (including phenoxy) is 1. The van der Waals surface area contributed by atoms with Crippen molar-refractivity contribution in [2.45, 2.75) is 61.4 Å². The van der Waals surface area contributed by atoms with Gasteiger partial charge in [-0.3, -0.25) is 9.59 Å². The van der Waals surface area contributed by atoms with E-state index >= 15 is 0 Å². The maximum atomic E-state index is 13.3. The number of nitrogens with one attached hydrogen (secondary N) is 1. The van der Waals surface area contributed by atoms with Crippen LogP contribution < -0.4 is 5.32 Å². The van der Waals surface area contributed by atoms with Gasteiger partial charge in [-0.25, -0.2) is 0 Å². The van der Waals surface area contributed by atoms with Crippen LogP contribution in [0.5, 0.6) is 0 Å². The van der Waals surface area contributed by atoms with E-state index in [0.717, 1.165) is 18.4 Å². The maximum absolute atomic E-state index is 13.3. The van der Waals surface area contributed by atoms with E-state index in [-0.39, 0.29) is 17.8 Å². The largest absolute Gasteiger partial charge is 0.381 e. The van der Waals surface area contributed by atoms with Gasteiger partial charge in [0.25, 0.3) is 0 Å². The number of hydrogen-bond acceptors (Lipinski definition) is 3. The van der Waals surface area contributed by atoms with E-state index in [1.807, 2.05) is 19.1 Å². The van der Waals surface area contributed by atoms with Gasteiger partial charge in [0.1, 0.15) is 10.8 Å². The van der Waals surface area contributed by atoms with Crippen molar-refractivity contribution in [1.29, 1.82) is 0 Å². The number of carbonyl (C=O) groups is 2. The molecule has 1 heterocycles. The molecule has 1 aromatic rings. The highest BCUT2D eigenvalue weighted by Crippen LogP contribution is 2.43. The van der Waals surface area contributed by atoms with Crippen LogP contribution in [0.2, 0.25) is 0 Å². The van der Waals surface area contributed by atoms with E-state index in [0.29, 0.717) is 30.4 Å². The number of ketones is 1. The Morgan fingerprint density at radius 3 is 2.52 bits per heavy atom. The second-order valence-corrected chi connectivity index (χ2v) is 7.97. The Morgan fingerprint density at radius 1 is 1.28 bits per heavy atom. The van der Waals surface area contributed by atoms with Crippen LogP contribution in [0.15, 0.2) is 18.2 Å². The van der Waals surface area contributed by atoms with Crippen LogP contribution in [0.25, 0.3) is 0 Å². The number of rotatable bonds is 4. The standard InChI is InChI=1S/C19H23Cl2NO3/c1-3-11-5-4-6-13(17(20)21)14(11)15-16(23)19(22-18(15)24)9-7-12(25-2)8-10-19/h4-6,12,15,17H,3,7-10H2,1-2H3,(H,22,24). The zero-order valence-electron chi connectivity index (χ0n) is 14.5. The summed E-state index contributed by atoms with van der Waals surface area (Å²) in [5.41, 5.74) is 1.51. The van der Waals surface area contributed by atoms with Gasteiger partial charge in [0.2, 0.25) is 5.91 Å². The van der Waals surface area contributed by atoms with E-state index in [4.69, 9.17) is 27.9 Å². The minimum atomic E-state index is -0.828. The van der Waals surface area contributed by atoms with Gasteiger partial charge in [-0.15, -0.1) is 23.2 Å². The van der Waals surface area contributed by atoms with Gasteiger partial charge in [0.05, 0.1) is 11.6 Å². The third kappa shape index (κ3) is 3.20. The molecule has 3 rings (SSSR count). The summed E-state index contributed by atoms with van der Waals surface area (Å²) in [5, 5.41) is 3.00. The Labute approximate surface area is 158 Å². The minimum absolute atomic E-state index is 0.0526. The summed E-state index contributed by atoms with van der Waals surface area (Å²) in [5.74, 6) is -1.12. The highest BCUT2D eigenvalue weighted by Gasteiger charge is 2.54. The molecule has 0 bridgehead atoms. The number of methoxy groups -OCH3 is 1. The first-order valence-corrected chi connectivity index (χ1v) is 9.59. The van der Waals surface area contributed by atoms with Gasteiger partial charge in [0.15, 0.2) is 5.78 Å². The maximum Gasteiger partial charge on any atom is 0.235 e. The molecule has 1 aromatic carbocycles. The van der Waals surface area contributed by atoms with Gasteiger partial charge in [-0.05, 0) is 48.8 Å². The number of Topliss-reactive ketones (excluding diaryl/α,β-unsaturated/α-hetero) is 1. The molecule has 0 radical (unpaired) electrons. The van der Waals surface area contributed by atoms with Crippen molar-refractivity contribution < 1.29 is 14.3 Å². The first-order valence-electron chi connectivity index (χ1n) is 8.72. The zero-order chi connectivity index (χ0) is 18.2. The Morgan fingerprint density at radius 2 is 1.96 bits per heavy atom. The Hall–Kier alpha value is -1.10. The molecule has 1 unspecified atom stereocenters. The van der Waals surface area contributed by atoms with E-state index in [9.17, 15) is 9.59 Å². The number of hydrogen-bond donors (Lipinski definition) is 1. The van der Waals surface area contributed by atoms with E-state index in [1.54, 1.807) is 13.2 Å². The third-order valence-corrected chi connectivity index (χ3v) is 6.08. The lowest BCUT2D eigenvalue weighted by atomic mass is 9.75. The first-order chi connectivity index (χ1) is 11.9. The Bertz CT molecular complexity index is 681. The number of aryl methyl sites for hydroxylation is 1. The Kier molecular flexibility index (Phi) is 5.42. The summed E-state index contributed by atoms with van der Waals surface area (Å²) in [6.07, 6.45) is 3.63. The summed E-state index contributed by atoms with van der Waals surface area (Å²) in [4.78, 5) is 25.3. The molecule has 2 aliphatic rings. The Balaban J connectivity index is 2.00. The van der Waals surface area contributed by atoms with Gasteiger partial charge in [0, 0.05) is 7.11 Å². The summed E-state index contributed by atoms with van der Waals surface area (Å²) >= 11 is 12.3.